The fourth-order valence-corrected chi connectivity index (χ4v) is 3.62. The summed E-state index contributed by atoms with van der Waals surface area (Å²) in [5, 5.41) is 4.66. The molecule has 0 unspecified atom stereocenters. The van der Waals surface area contributed by atoms with E-state index < -0.39 is 0 Å². The number of benzene rings is 2. The Morgan fingerprint density at radius 1 is 0.875 bits per heavy atom. The molecule has 0 radical (unpaired) electrons. The second-order valence-electron chi connectivity index (χ2n) is 7.70. The number of rotatable bonds is 10. The van der Waals surface area contributed by atoms with Crippen LogP contribution in [0, 0.1) is 0 Å². The van der Waals surface area contributed by atoms with Crippen molar-refractivity contribution in [2.24, 2.45) is 0 Å². The lowest BCUT2D eigenvalue weighted by Crippen LogP contribution is -2.25. The molecule has 0 aliphatic heterocycles. The summed E-state index contributed by atoms with van der Waals surface area (Å²) in [4.78, 5) is 11.8. The fourth-order valence-electron chi connectivity index (χ4n) is 3.62. The van der Waals surface area contributed by atoms with Gasteiger partial charge in [0.25, 0.3) is 0 Å². The number of aryl methyl sites for hydroxylation is 1. The van der Waals surface area contributed by atoms with Crippen molar-refractivity contribution in [3.05, 3.63) is 77.9 Å². The van der Waals surface area contributed by atoms with Gasteiger partial charge in [-0.3, -0.25) is 0 Å². The van der Waals surface area contributed by atoms with Crippen LogP contribution in [0.5, 0.6) is 11.5 Å². The van der Waals surface area contributed by atoms with E-state index in [1.54, 1.807) is 20.4 Å². The minimum atomic E-state index is 0.683. The lowest BCUT2D eigenvalue weighted by molar-refractivity contribution is 0.414. The number of aromatic nitrogens is 4. The van der Waals surface area contributed by atoms with E-state index in [4.69, 9.17) is 14.5 Å². The standard InChI is InChI=1S/C25H29N5O2/c1-4-5-6-23-27-25(24-26-15-16-30(24)28-23)29(17-19-7-11-21(31-2)12-8-19)18-20-9-13-22(32-3)14-10-20/h7-16H,4-6,17-18H2,1-3H3. The van der Waals surface area contributed by atoms with Crippen LogP contribution in [0.15, 0.2) is 60.9 Å². The number of hydrogen-bond acceptors (Lipinski definition) is 6. The van der Waals surface area contributed by atoms with E-state index in [2.05, 4.69) is 46.2 Å². The molecule has 166 valence electrons. The molecule has 0 amide bonds. The molecule has 7 heteroatoms. The Hall–Kier alpha value is -3.61. The number of nitrogens with zero attached hydrogens (tertiary/aromatic N) is 5. The lowest BCUT2D eigenvalue weighted by atomic mass is 10.1. The highest BCUT2D eigenvalue weighted by atomic mass is 16.5. The molecule has 0 fully saturated rings. The van der Waals surface area contributed by atoms with Gasteiger partial charge in [0.2, 0.25) is 0 Å². The zero-order valence-corrected chi connectivity index (χ0v) is 18.9. The maximum absolute atomic E-state index is 5.32. The third kappa shape index (κ3) is 4.99. The van der Waals surface area contributed by atoms with Crippen molar-refractivity contribution >= 4 is 11.5 Å². The average Bonchev–Trinajstić information content (AvgIpc) is 3.31. The van der Waals surface area contributed by atoms with Crippen LogP contribution in [-0.2, 0) is 19.5 Å². The molecule has 2 aromatic carbocycles. The maximum atomic E-state index is 5.32. The first-order valence-electron chi connectivity index (χ1n) is 10.9. The summed E-state index contributed by atoms with van der Waals surface area (Å²) in [6.45, 7) is 3.54. The molecule has 0 spiro atoms. The number of hydrogen-bond donors (Lipinski definition) is 0. The van der Waals surface area contributed by atoms with Gasteiger partial charge in [-0.25, -0.2) is 14.5 Å². The quantitative estimate of drug-likeness (QED) is 0.363. The molecule has 0 N–H and O–H groups in total. The average molecular weight is 432 g/mol. The first-order chi connectivity index (χ1) is 15.7. The molecule has 0 aliphatic rings. The predicted octanol–water partition coefficient (Wildman–Crippen LogP) is 4.69. The van der Waals surface area contributed by atoms with Gasteiger partial charge in [0, 0.05) is 31.9 Å². The Morgan fingerprint density at radius 3 is 2.00 bits per heavy atom. The molecule has 0 saturated heterocycles. The fraction of sp³-hybridized carbons (Fsp3) is 0.320. The second kappa shape index (κ2) is 10.1. The van der Waals surface area contributed by atoms with Crippen LogP contribution in [0.3, 0.4) is 0 Å². The van der Waals surface area contributed by atoms with Crippen LogP contribution in [0.25, 0.3) is 5.65 Å². The minimum absolute atomic E-state index is 0.683. The summed E-state index contributed by atoms with van der Waals surface area (Å²) in [7, 11) is 3.36. The van der Waals surface area contributed by atoms with Crippen LogP contribution in [0.2, 0.25) is 0 Å². The molecule has 2 heterocycles. The SMILES string of the molecule is CCCCc1nc(N(Cc2ccc(OC)cc2)Cc2ccc(OC)cc2)c2nccn2n1. The highest BCUT2D eigenvalue weighted by molar-refractivity contribution is 5.64. The molecule has 32 heavy (non-hydrogen) atoms. The molecule has 7 nitrogen and oxygen atoms in total. The van der Waals surface area contributed by atoms with Crippen LogP contribution in [0.4, 0.5) is 5.82 Å². The molecule has 4 aromatic rings. The van der Waals surface area contributed by atoms with Gasteiger partial charge in [0.1, 0.15) is 11.5 Å². The number of fused-ring (bicyclic) bond motifs is 1. The van der Waals surface area contributed by atoms with Crippen molar-refractivity contribution in [1.29, 1.82) is 0 Å². The van der Waals surface area contributed by atoms with Gasteiger partial charge in [0.15, 0.2) is 17.3 Å². The summed E-state index contributed by atoms with van der Waals surface area (Å²) in [5.74, 6) is 3.36. The Labute approximate surface area is 188 Å². The summed E-state index contributed by atoms with van der Waals surface area (Å²) >= 11 is 0. The summed E-state index contributed by atoms with van der Waals surface area (Å²) < 4.78 is 12.5. The summed E-state index contributed by atoms with van der Waals surface area (Å²) in [6.07, 6.45) is 6.65. The number of methoxy groups -OCH3 is 2. The monoisotopic (exact) mass is 431 g/mol. The van der Waals surface area contributed by atoms with E-state index in [1.807, 2.05) is 35.0 Å². The lowest BCUT2D eigenvalue weighted by Gasteiger charge is -2.25. The van der Waals surface area contributed by atoms with Gasteiger partial charge in [-0.15, -0.1) is 0 Å². The van der Waals surface area contributed by atoms with Gasteiger partial charge < -0.3 is 14.4 Å². The van der Waals surface area contributed by atoms with Gasteiger partial charge >= 0.3 is 0 Å². The topological polar surface area (TPSA) is 64.8 Å². The highest BCUT2D eigenvalue weighted by Gasteiger charge is 2.17. The van der Waals surface area contributed by atoms with E-state index in [1.165, 1.54) is 0 Å². The molecule has 4 rings (SSSR count). The summed E-state index contributed by atoms with van der Waals surface area (Å²) in [6, 6.07) is 16.3. The van der Waals surface area contributed by atoms with Crippen molar-refractivity contribution in [3.63, 3.8) is 0 Å². The minimum Gasteiger partial charge on any atom is -0.497 e. The molecule has 0 atom stereocenters. The van der Waals surface area contributed by atoms with E-state index in [-0.39, 0.29) is 0 Å². The van der Waals surface area contributed by atoms with Crippen molar-refractivity contribution in [2.75, 3.05) is 19.1 Å². The van der Waals surface area contributed by atoms with Crippen molar-refractivity contribution < 1.29 is 9.47 Å². The molecular formula is C25H29N5O2. The number of unbranched alkanes of at least 4 members (excludes halogenated alkanes) is 1. The second-order valence-corrected chi connectivity index (χ2v) is 7.70. The van der Waals surface area contributed by atoms with Crippen LogP contribution in [0.1, 0.15) is 36.7 Å². The summed E-state index contributed by atoms with van der Waals surface area (Å²) in [5.41, 5.74) is 3.09. The largest absolute Gasteiger partial charge is 0.497 e. The zero-order chi connectivity index (χ0) is 22.3. The van der Waals surface area contributed by atoms with E-state index in [0.29, 0.717) is 13.1 Å². The predicted molar refractivity (Wildman–Crippen MR) is 125 cm³/mol. The van der Waals surface area contributed by atoms with Crippen molar-refractivity contribution in [2.45, 2.75) is 39.3 Å². The zero-order valence-electron chi connectivity index (χ0n) is 18.9. The number of imidazole rings is 1. The van der Waals surface area contributed by atoms with Crippen molar-refractivity contribution in [3.8, 4) is 11.5 Å². The molecular weight excluding hydrogens is 402 g/mol. The van der Waals surface area contributed by atoms with Crippen LogP contribution >= 0.6 is 0 Å². The number of anilines is 1. The molecule has 2 aromatic heterocycles. The Kier molecular flexibility index (Phi) is 6.84. The van der Waals surface area contributed by atoms with Gasteiger partial charge in [0.05, 0.1) is 14.2 Å². The van der Waals surface area contributed by atoms with Gasteiger partial charge in [-0.2, -0.15) is 5.10 Å². The highest BCUT2D eigenvalue weighted by Crippen LogP contribution is 2.24. The molecule has 0 bridgehead atoms. The third-order valence-corrected chi connectivity index (χ3v) is 5.40. The first kappa shape index (κ1) is 21.6. The first-order valence-corrected chi connectivity index (χ1v) is 10.9. The normalized spacial score (nSPS) is 11.0. The van der Waals surface area contributed by atoms with Crippen molar-refractivity contribution in [1.82, 2.24) is 19.6 Å². The van der Waals surface area contributed by atoms with E-state index in [0.717, 1.165) is 59.2 Å². The van der Waals surface area contributed by atoms with Gasteiger partial charge in [-0.05, 0) is 41.8 Å². The van der Waals surface area contributed by atoms with Crippen LogP contribution < -0.4 is 14.4 Å². The van der Waals surface area contributed by atoms with Crippen LogP contribution in [-0.4, -0.2) is 33.8 Å². The molecule has 0 saturated carbocycles. The van der Waals surface area contributed by atoms with E-state index >= 15 is 0 Å². The smallest absolute Gasteiger partial charge is 0.196 e. The molecule has 0 aliphatic carbocycles. The van der Waals surface area contributed by atoms with E-state index in [9.17, 15) is 0 Å². The maximum Gasteiger partial charge on any atom is 0.196 e. The Bertz CT molecular complexity index is 1090. The third-order valence-electron chi connectivity index (χ3n) is 5.40. The Morgan fingerprint density at radius 2 is 1.47 bits per heavy atom. The Balaban J connectivity index is 1.72. The van der Waals surface area contributed by atoms with Gasteiger partial charge in [-0.1, -0.05) is 37.6 Å². The number of ether oxygens (including phenoxy) is 2.